The maximum Gasteiger partial charge on any atom is 0.322 e. The first-order valence-electron chi connectivity index (χ1n) is 7.69. The zero-order valence-electron chi connectivity index (χ0n) is 13.2. The topological polar surface area (TPSA) is 68.0 Å². The quantitative estimate of drug-likeness (QED) is 0.593. The van der Waals surface area contributed by atoms with Crippen LogP contribution in [0.3, 0.4) is 0 Å². The molecule has 128 valence electrons. The number of nitrogens with one attached hydrogen (secondary N) is 1. The molecule has 7 heteroatoms. The van der Waals surface area contributed by atoms with Crippen molar-refractivity contribution in [3.05, 3.63) is 77.9 Å². The molecule has 0 saturated carbocycles. The van der Waals surface area contributed by atoms with Crippen LogP contribution in [0.1, 0.15) is 10.4 Å². The third-order valence-electron chi connectivity index (χ3n) is 3.82. The predicted octanol–water partition coefficient (Wildman–Crippen LogP) is 4.42. The summed E-state index contributed by atoms with van der Waals surface area (Å²) in [5.74, 6) is -2.14. The summed E-state index contributed by atoms with van der Waals surface area (Å²) < 4.78 is 32.0. The Balaban J connectivity index is 1.57. The zero-order valence-corrected chi connectivity index (χ0v) is 13.2. The van der Waals surface area contributed by atoms with Crippen LogP contribution in [-0.2, 0) is 0 Å². The molecule has 0 bridgehead atoms. The first-order chi connectivity index (χ1) is 12.6. The molecule has 4 aromatic rings. The second-order valence-electron chi connectivity index (χ2n) is 5.55. The Morgan fingerprint density at radius 1 is 0.923 bits per heavy atom. The fourth-order valence-electron chi connectivity index (χ4n) is 2.55. The molecule has 0 atom stereocenters. The lowest BCUT2D eigenvalue weighted by molar-refractivity contribution is 0.102. The minimum Gasteiger partial charge on any atom is -0.403 e. The van der Waals surface area contributed by atoms with Gasteiger partial charge in [0.1, 0.15) is 11.6 Å². The number of hydrogen-bond acceptors (Lipinski definition) is 4. The summed E-state index contributed by atoms with van der Waals surface area (Å²) in [6.45, 7) is 0. The Labute approximate surface area is 146 Å². The first-order valence-corrected chi connectivity index (χ1v) is 7.69. The van der Waals surface area contributed by atoms with Crippen LogP contribution in [0.15, 0.2) is 65.1 Å². The Bertz CT molecular complexity index is 1120. The van der Waals surface area contributed by atoms with Gasteiger partial charge in [-0.3, -0.25) is 10.1 Å². The largest absolute Gasteiger partial charge is 0.403 e. The fourth-order valence-corrected chi connectivity index (χ4v) is 2.55. The highest BCUT2D eigenvalue weighted by molar-refractivity contribution is 6.05. The van der Waals surface area contributed by atoms with E-state index in [1.807, 2.05) is 30.3 Å². The van der Waals surface area contributed by atoms with Gasteiger partial charge in [-0.2, -0.15) is 0 Å². The molecular weight excluding hydrogens is 340 g/mol. The molecule has 0 radical (unpaired) electrons. The van der Waals surface area contributed by atoms with E-state index in [4.69, 9.17) is 4.42 Å². The zero-order chi connectivity index (χ0) is 18.1. The van der Waals surface area contributed by atoms with Gasteiger partial charge in [0, 0.05) is 11.6 Å². The van der Waals surface area contributed by atoms with Crippen molar-refractivity contribution in [2.24, 2.45) is 0 Å². The summed E-state index contributed by atoms with van der Waals surface area (Å²) in [5.41, 5.74) is 0.363. The summed E-state index contributed by atoms with van der Waals surface area (Å²) in [4.78, 5) is 12.4. The molecule has 0 aliphatic carbocycles. The van der Waals surface area contributed by atoms with Crippen molar-refractivity contribution in [2.45, 2.75) is 0 Å². The Morgan fingerprint density at radius 3 is 2.54 bits per heavy atom. The number of fused-ring (bicyclic) bond motifs is 1. The van der Waals surface area contributed by atoms with Crippen molar-refractivity contribution in [1.29, 1.82) is 0 Å². The molecule has 1 N–H and O–H groups in total. The molecule has 26 heavy (non-hydrogen) atoms. The van der Waals surface area contributed by atoms with Crippen LogP contribution in [0, 0.1) is 11.6 Å². The summed E-state index contributed by atoms with van der Waals surface area (Å²) in [7, 11) is 0. The number of halogens is 2. The second-order valence-corrected chi connectivity index (χ2v) is 5.55. The molecule has 1 aromatic heterocycles. The van der Waals surface area contributed by atoms with Gasteiger partial charge in [-0.05, 0) is 35.0 Å². The lowest BCUT2D eigenvalue weighted by Gasteiger charge is -2.03. The minimum absolute atomic E-state index is 0.0508. The summed E-state index contributed by atoms with van der Waals surface area (Å²) in [6.07, 6.45) is 0. The molecule has 0 fully saturated rings. The Kier molecular flexibility index (Phi) is 3.89. The Morgan fingerprint density at radius 2 is 1.73 bits per heavy atom. The lowest BCUT2D eigenvalue weighted by Crippen LogP contribution is -2.12. The SMILES string of the molecule is O=C(Nc1nnc(-c2ccc(F)cc2F)o1)c1ccc2ccccc2c1. The van der Waals surface area contributed by atoms with Gasteiger partial charge in [0.15, 0.2) is 0 Å². The number of aromatic nitrogens is 2. The third-order valence-corrected chi connectivity index (χ3v) is 3.82. The van der Waals surface area contributed by atoms with E-state index >= 15 is 0 Å². The van der Waals surface area contributed by atoms with Crippen LogP contribution in [0.25, 0.3) is 22.2 Å². The van der Waals surface area contributed by atoms with Gasteiger partial charge in [0.25, 0.3) is 11.8 Å². The summed E-state index contributed by atoms with van der Waals surface area (Å²) in [6, 6.07) is 15.7. The molecule has 0 unspecified atom stereocenters. The molecule has 1 amide bonds. The molecule has 0 spiro atoms. The number of carbonyl (C=O) groups excluding carboxylic acids is 1. The predicted molar refractivity (Wildman–Crippen MR) is 91.6 cm³/mol. The van der Waals surface area contributed by atoms with Crippen molar-refractivity contribution >= 4 is 22.7 Å². The van der Waals surface area contributed by atoms with Crippen molar-refractivity contribution in [3.63, 3.8) is 0 Å². The van der Waals surface area contributed by atoms with Crippen molar-refractivity contribution in [2.75, 3.05) is 5.32 Å². The maximum atomic E-state index is 13.8. The average Bonchev–Trinajstić information content (AvgIpc) is 3.09. The highest BCUT2D eigenvalue weighted by Gasteiger charge is 2.16. The third kappa shape index (κ3) is 3.02. The van der Waals surface area contributed by atoms with Crippen LogP contribution < -0.4 is 5.32 Å². The van der Waals surface area contributed by atoms with E-state index in [0.717, 1.165) is 16.8 Å². The van der Waals surface area contributed by atoms with E-state index in [0.29, 0.717) is 11.6 Å². The first kappa shape index (κ1) is 15.9. The van der Waals surface area contributed by atoms with Gasteiger partial charge in [-0.15, -0.1) is 5.10 Å². The van der Waals surface area contributed by atoms with Crippen LogP contribution in [-0.4, -0.2) is 16.1 Å². The van der Waals surface area contributed by atoms with E-state index in [2.05, 4.69) is 15.5 Å². The molecule has 1 heterocycles. The number of hydrogen-bond donors (Lipinski definition) is 1. The number of amides is 1. The number of benzene rings is 3. The standard InChI is InChI=1S/C19H11F2N3O2/c20-14-7-8-15(16(21)10-14)18-23-24-19(26-18)22-17(25)13-6-5-11-3-1-2-4-12(11)9-13/h1-10H,(H,22,24,25). The average molecular weight is 351 g/mol. The van der Waals surface area contributed by atoms with E-state index in [9.17, 15) is 13.6 Å². The molecule has 0 aliphatic rings. The second kappa shape index (κ2) is 6.36. The van der Waals surface area contributed by atoms with E-state index < -0.39 is 17.5 Å². The van der Waals surface area contributed by atoms with Crippen LogP contribution in [0.2, 0.25) is 0 Å². The van der Waals surface area contributed by atoms with Crippen LogP contribution >= 0.6 is 0 Å². The molecular formula is C19H11F2N3O2. The smallest absolute Gasteiger partial charge is 0.322 e. The fraction of sp³-hybridized carbons (Fsp3) is 0. The molecule has 3 aromatic carbocycles. The number of anilines is 1. The number of rotatable bonds is 3. The summed E-state index contributed by atoms with van der Waals surface area (Å²) >= 11 is 0. The highest BCUT2D eigenvalue weighted by atomic mass is 19.1. The maximum absolute atomic E-state index is 13.8. The van der Waals surface area contributed by atoms with E-state index in [1.165, 1.54) is 6.07 Å². The highest BCUT2D eigenvalue weighted by Crippen LogP contribution is 2.24. The number of carbonyl (C=O) groups is 1. The van der Waals surface area contributed by atoms with Gasteiger partial charge in [-0.1, -0.05) is 35.4 Å². The molecule has 0 saturated heterocycles. The molecule has 0 aliphatic heterocycles. The Hall–Kier alpha value is -3.61. The van der Waals surface area contributed by atoms with Gasteiger partial charge >= 0.3 is 6.01 Å². The van der Waals surface area contributed by atoms with Gasteiger partial charge in [-0.25, -0.2) is 8.78 Å². The summed E-state index contributed by atoms with van der Waals surface area (Å²) in [5, 5.41) is 11.7. The van der Waals surface area contributed by atoms with Gasteiger partial charge in [0.2, 0.25) is 0 Å². The van der Waals surface area contributed by atoms with E-state index in [1.54, 1.807) is 12.1 Å². The number of nitrogens with zero attached hydrogens (tertiary/aromatic N) is 2. The normalized spacial score (nSPS) is 10.8. The van der Waals surface area contributed by atoms with Crippen LogP contribution in [0.5, 0.6) is 0 Å². The van der Waals surface area contributed by atoms with Crippen LogP contribution in [0.4, 0.5) is 14.8 Å². The van der Waals surface area contributed by atoms with Crippen molar-refractivity contribution in [3.8, 4) is 11.5 Å². The monoisotopic (exact) mass is 351 g/mol. The molecule has 5 nitrogen and oxygen atoms in total. The van der Waals surface area contributed by atoms with Crippen molar-refractivity contribution < 1.29 is 18.0 Å². The van der Waals surface area contributed by atoms with Gasteiger partial charge in [0.05, 0.1) is 5.56 Å². The van der Waals surface area contributed by atoms with Crippen molar-refractivity contribution in [1.82, 2.24) is 10.2 Å². The molecule has 4 rings (SSSR count). The lowest BCUT2D eigenvalue weighted by atomic mass is 10.1. The van der Waals surface area contributed by atoms with E-state index in [-0.39, 0.29) is 17.5 Å². The minimum atomic E-state index is -0.832. The van der Waals surface area contributed by atoms with Gasteiger partial charge < -0.3 is 4.42 Å².